The molecule has 6 nitrogen and oxygen atoms in total. The summed E-state index contributed by atoms with van der Waals surface area (Å²) in [5.74, 6) is 0.193. The normalized spacial score (nSPS) is 12.7. The first-order valence-electron chi connectivity index (χ1n) is 8.86. The minimum Gasteiger partial charge on any atom is -0.444 e. The van der Waals surface area contributed by atoms with E-state index in [1.165, 1.54) is 6.07 Å². The summed E-state index contributed by atoms with van der Waals surface area (Å²) in [6, 6.07) is 13.7. The predicted octanol–water partition coefficient (Wildman–Crippen LogP) is 3.90. The zero-order valence-corrected chi connectivity index (χ0v) is 16.2. The van der Waals surface area contributed by atoms with Crippen LogP contribution in [0, 0.1) is 5.82 Å². The van der Waals surface area contributed by atoms with Gasteiger partial charge in [0.1, 0.15) is 11.5 Å². The molecule has 4 aromatic rings. The van der Waals surface area contributed by atoms with Crippen molar-refractivity contribution in [2.75, 3.05) is 0 Å². The van der Waals surface area contributed by atoms with E-state index in [1.54, 1.807) is 41.2 Å². The summed E-state index contributed by atoms with van der Waals surface area (Å²) in [6.45, 7) is 4.06. The maximum Gasteiger partial charge on any atom is 0.206 e. The van der Waals surface area contributed by atoms with E-state index in [-0.39, 0.29) is 18.4 Å². The van der Waals surface area contributed by atoms with Gasteiger partial charge in [-0.25, -0.2) is 23.0 Å². The Bertz CT molecular complexity index is 1150. The highest BCUT2D eigenvalue weighted by Crippen LogP contribution is 2.29. The van der Waals surface area contributed by atoms with Crippen molar-refractivity contribution in [1.29, 1.82) is 0 Å². The van der Waals surface area contributed by atoms with Crippen LogP contribution >= 0.6 is 0 Å². The van der Waals surface area contributed by atoms with Crippen molar-refractivity contribution < 1.29 is 13.0 Å². The minimum atomic E-state index is -1.44. The number of nitrogens with zero attached hydrogens (tertiary/aromatic N) is 3. The minimum absolute atomic E-state index is 0.0550. The molecule has 1 unspecified atom stereocenters. The molecule has 1 aromatic carbocycles. The van der Waals surface area contributed by atoms with E-state index in [0.29, 0.717) is 27.8 Å². The first-order chi connectivity index (χ1) is 13.5. The largest absolute Gasteiger partial charge is 0.444 e. The Morgan fingerprint density at radius 1 is 1.18 bits per heavy atom. The highest BCUT2D eigenvalue weighted by molar-refractivity contribution is 7.82. The number of aromatic nitrogens is 3. The molecule has 0 fully saturated rings. The van der Waals surface area contributed by atoms with Crippen molar-refractivity contribution in [3.63, 3.8) is 0 Å². The molecule has 28 heavy (non-hydrogen) atoms. The maximum atomic E-state index is 14.1. The molecule has 0 aliphatic rings. The van der Waals surface area contributed by atoms with E-state index < -0.39 is 11.0 Å². The number of rotatable bonds is 6. The molecule has 0 saturated carbocycles. The maximum absolute atomic E-state index is 14.1. The first-order valence-corrected chi connectivity index (χ1v) is 10.0. The molecule has 8 heteroatoms. The number of nitrogens with one attached hydrogen (secondary N) is 1. The molecule has 1 atom stereocenters. The summed E-state index contributed by atoms with van der Waals surface area (Å²) in [5.41, 5.74) is 1.72. The topological polar surface area (TPSA) is 73.0 Å². The van der Waals surface area contributed by atoms with Crippen molar-refractivity contribution >= 4 is 22.0 Å². The standard InChI is InChI=1S/C20H19FN4O2S/c1-13(2)24-28(26)18-10-9-17(27-18)19-15-7-5-11-22-20(15)25(23-19)12-14-6-3-4-8-16(14)21/h3-11,13,24H,12H2,1-2H3. The van der Waals surface area contributed by atoms with Gasteiger partial charge in [-0.3, -0.25) is 0 Å². The average molecular weight is 398 g/mol. The SMILES string of the molecule is CC(C)NS(=O)c1ccc(-c2nn(Cc3ccccc3F)c3ncccc23)o1. The molecule has 0 amide bonds. The summed E-state index contributed by atoms with van der Waals surface area (Å²) in [6.07, 6.45) is 1.67. The fourth-order valence-electron chi connectivity index (χ4n) is 2.91. The van der Waals surface area contributed by atoms with Gasteiger partial charge in [0.2, 0.25) is 5.09 Å². The number of pyridine rings is 1. The highest BCUT2D eigenvalue weighted by atomic mass is 32.2. The lowest BCUT2D eigenvalue weighted by Gasteiger charge is -2.04. The van der Waals surface area contributed by atoms with Crippen molar-refractivity contribution in [1.82, 2.24) is 19.5 Å². The summed E-state index contributed by atoms with van der Waals surface area (Å²) in [5, 5.41) is 5.71. The Kier molecular flexibility index (Phi) is 5.06. The number of fused-ring (bicyclic) bond motifs is 1. The fraction of sp³-hybridized carbons (Fsp3) is 0.200. The Balaban J connectivity index is 1.74. The molecular weight excluding hydrogens is 379 g/mol. The number of benzene rings is 1. The zero-order chi connectivity index (χ0) is 19.7. The number of furan rings is 1. The molecule has 1 N–H and O–H groups in total. The van der Waals surface area contributed by atoms with E-state index >= 15 is 0 Å². The van der Waals surface area contributed by atoms with Crippen LogP contribution in [0.5, 0.6) is 0 Å². The summed E-state index contributed by atoms with van der Waals surface area (Å²) >= 11 is 0. The molecule has 0 bridgehead atoms. The van der Waals surface area contributed by atoms with Crippen LogP contribution in [0.25, 0.3) is 22.5 Å². The van der Waals surface area contributed by atoms with Gasteiger partial charge in [-0.2, -0.15) is 5.10 Å². The van der Waals surface area contributed by atoms with Crippen molar-refractivity contribution in [3.8, 4) is 11.5 Å². The monoisotopic (exact) mass is 398 g/mol. The van der Waals surface area contributed by atoms with Gasteiger partial charge in [-0.1, -0.05) is 18.2 Å². The van der Waals surface area contributed by atoms with E-state index in [1.807, 2.05) is 26.0 Å². The predicted molar refractivity (Wildman–Crippen MR) is 105 cm³/mol. The first kappa shape index (κ1) is 18.5. The quantitative estimate of drug-likeness (QED) is 0.535. The molecule has 0 aliphatic heterocycles. The Morgan fingerprint density at radius 3 is 2.79 bits per heavy atom. The van der Waals surface area contributed by atoms with Crippen molar-refractivity contribution in [2.24, 2.45) is 0 Å². The van der Waals surface area contributed by atoms with Crippen LogP contribution < -0.4 is 4.72 Å². The summed E-state index contributed by atoms with van der Waals surface area (Å²) < 4.78 is 36.7. The fourth-order valence-corrected chi connectivity index (χ4v) is 3.81. The number of hydrogen-bond donors (Lipinski definition) is 1. The molecule has 0 spiro atoms. The van der Waals surface area contributed by atoms with E-state index in [9.17, 15) is 8.60 Å². The number of hydrogen-bond acceptors (Lipinski definition) is 4. The zero-order valence-electron chi connectivity index (χ0n) is 15.4. The third-order valence-corrected chi connectivity index (χ3v) is 5.40. The van der Waals surface area contributed by atoms with Crippen LogP contribution in [0.4, 0.5) is 4.39 Å². The lowest BCUT2D eigenvalue weighted by Crippen LogP contribution is -2.24. The van der Waals surface area contributed by atoms with Crippen LogP contribution in [0.2, 0.25) is 0 Å². The molecular formula is C20H19FN4O2S. The molecule has 4 rings (SSSR count). The smallest absolute Gasteiger partial charge is 0.206 e. The third-order valence-electron chi connectivity index (χ3n) is 4.13. The Hall–Kier alpha value is -2.84. The van der Waals surface area contributed by atoms with Crippen LogP contribution in [-0.4, -0.2) is 25.0 Å². The van der Waals surface area contributed by atoms with Gasteiger partial charge in [-0.05, 0) is 44.2 Å². The van der Waals surface area contributed by atoms with Gasteiger partial charge in [0, 0.05) is 17.8 Å². The van der Waals surface area contributed by atoms with Gasteiger partial charge >= 0.3 is 0 Å². The Labute approximate surface area is 164 Å². The van der Waals surface area contributed by atoms with Gasteiger partial charge < -0.3 is 4.42 Å². The highest BCUT2D eigenvalue weighted by Gasteiger charge is 2.19. The molecule has 3 aromatic heterocycles. The van der Waals surface area contributed by atoms with Gasteiger partial charge in [0.25, 0.3) is 0 Å². The molecule has 3 heterocycles. The molecule has 0 saturated heterocycles. The molecule has 0 aliphatic carbocycles. The molecule has 0 radical (unpaired) electrons. The Morgan fingerprint density at radius 2 is 2.00 bits per heavy atom. The second kappa shape index (κ2) is 7.65. The van der Waals surface area contributed by atoms with Gasteiger partial charge in [0.05, 0.1) is 11.9 Å². The lowest BCUT2D eigenvalue weighted by atomic mass is 10.2. The lowest BCUT2D eigenvalue weighted by molar-refractivity contribution is 0.472. The third kappa shape index (κ3) is 3.61. The number of halogens is 1. The summed E-state index contributed by atoms with van der Waals surface area (Å²) in [7, 11) is -1.44. The van der Waals surface area contributed by atoms with Gasteiger partial charge in [0.15, 0.2) is 22.4 Å². The van der Waals surface area contributed by atoms with E-state index in [2.05, 4.69) is 14.8 Å². The van der Waals surface area contributed by atoms with E-state index in [4.69, 9.17) is 4.42 Å². The van der Waals surface area contributed by atoms with Crippen LogP contribution in [0.3, 0.4) is 0 Å². The molecule has 144 valence electrons. The second-order valence-corrected chi connectivity index (χ2v) is 7.81. The second-order valence-electron chi connectivity index (χ2n) is 6.63. The summed E-state index contributed by atoms with van der Waals surface area (Å²) in [4.78, 5) is 4.40. The van der Waals surface area contributed by atoms with Crippen LogP contribution in [0.15, 0.2) is 64.2 Å². The van der Waals surface area contributed by atoms with Crippen molar-refractivity contribution in [2.45, 2.75) is 31.5 Å². The van der Waals surface area contributed by atoms with Gasteiger partial charge in [-0.15, -0.1) is 0 Å². The van der Waals surface area contributed by atoms with E-state index in [0.717, 1.165) is 5.39 Å². The van der Waals surface area contributed by atoms with Crippen LogP contribution in [-0.2, 0) is 17.5 Å². The van der Waals surface area contributed by atoms with Crippen LogP contribution in [0.1, 0.15) is 19.4 Å². The average Bonchev–Trinajstić information content (AvgIpc) is 3.29. The van der Waals surface area contributed by atoms with Crippen molar-refractivity contribution in [3.05, 3.63) is 66.1 Å².